The molecule has 0 bridgehead atoms. The van der Waals surface area contributed by atoms with E-state index in [1.165, 1.54) is 11.0 Å². The van der Waals surface area contributed by atoms with Crippen LogP contribution in [0.5, 0.6) is 5.75 Å². The molecule has 1 atom stereocenters. The van der Waals surface area contributed by atoms with E-state index in [0.29, 0.717) is 29.6 Å². The first-order chi connectivity index (χ1) is 14.4. The van der Waals surface area contributed by atoms with Gasteiger partial charge in [0.25, 0.3) is 5.91 Å². The van der Waals surface area contributed by atoms with E-state index < -0.39 is 0 Å². The van der Waals surface area contributed by atoms with Gasteiger partial charge in [-0.1, -0.05) is 13.3 Å². The van der Waals surface area contributed by atoms with Crippen LogP contribution in [0.1, 0.15) is 36.5 Å². The average molecular weight is 414 g/mol. The van der Waals surface area contributed by atoms with Crippen molar-refractivity contribution in [3.05, 3.63) is 53.8 Å². The number of carbonyl (C=O) groups is 1. The van der Waals surface area contributed by atoms with Crippen LogP contribution in [-0.2, 0) is 0 Å². The second kappa shape index (κ2) is 9.94. The summed E-state index contributed by atoms with van der Waals surface area (Å²) >= 11 is 0. The summed E-state index contributed by atoms with van der Waals surface area (Å²) in [7, 11) is 5.77. The van der Waals surface area contributed by atoms with Crippen molar-refractivity contribution in [3.8, 4) is 5.75 Å². The van der Waals surface area contributed by atoms with Crippen molar-refractivity contribution in [1.82, 2.24) is 4.90 Å². The molecule has 0 radical (unpaired) electrons. The molecule has 30 heavy (non-hydrogen) atoms. The number of halogens is 1. The number of ether oxygens (including phenoxy) is 1. The normalized spacial score (nSPS) is 16.2. The summed E-state index contributed by atoms with van der Waals surface area (Å²) in [4.78, 5) is 18.6. The Bertz CT molecular complexity index is 854. The molecule has 1 aliphatic rings. The van der Waals surface area contributed by atoms with Gasteiger partial charge in [-0.05, 0) is 69.4 Å². The maximum Gasteiger partial charge on any atom is 0.258 e. The van der Waals surface area contributed by atoms with Crippen LogP contribution in [0.4, 0.5) is 15.8 Å². The van der Waals surface area contributed by atoms with Crippen molar-refractivity contribution in [3.63, 3.8) is 0 Å². The molecule has 3 rings (SSSR count). The molecule has 1 unspecified atom stereocenters. The Balaban J connectivity index is 1.67. The Kier molecular flexibility index (Phi) is 7.32. The Morgan fingerprint density at radius 1 is 1.17 bits per heavy atom. The van der Waals surface area contributed by atoms with Crippen LogP contribution in [-0.4, -0.2) is 57.7 Å². The first-order valence-electron chi connectivity index (χ1n) is 10.6. The number of benzene rings is 2. The molecule has 2 aromatic carbocycles. The highest BCUT2D eigenvalue weighted by atomic mass is 19.1. The number of carbonyl (C=O) groups excluding carboxylic acids is 1. The van der Waals surface area contributed by atoms with Crippen molar-refractivity contribution in [1.29, 1.82) is 0 Å². The van der Waals surface area contributed by atoms with Gasteiger partial charge >= 0.3 is 0 Å². The van der Waals surface area contributed by atoms with Gasteiger partial charge in [-0.15, -0.1) is 0 Å². The highest BCUT2D eigenvalue weighted by Crippen LogP contribution is 2.29. The molecule has 0 saturated carbocycles. The lowest BCUT2D eigenvalue weighted by atomic mass is 10.1. The highest BCUT2D eigenvalue weighted by Gasteiger charge is 2.26. The Morgan fingerprint density at radius 3 is 2.50 bits per heavy atom. The maximum atomic E-state index is 14.8. The molecule has 5 nitrogen and oxygen atoms in total. The largest absolute Gasteiger partial charge is 0.494 e. The van der Waals surface area contributed by atoms with Crippen molar-refractivity contribution >= 4 is 17.3 Å². The van der Waals surface area contributed by atoms with E-state index >= 15 is 0 Å². The minimum Gasteiger partial charge on any atom is -0.494 e. The van der Waals surface area contributed by atoms with Crippen LogP contribution >= 0.6 is 0 Å². The molecule has 1 saturated heterocycles. The number of nitrogens with zero attached hydrogens (tertiary/aromatic N) is 3. The first kappa shape index (κ1) is 22.1. The third-order valence-electron chi connectivity index (χ3n) is 5.73. The van der Waals surface area contributed by atoms with E-state index in [2.05, 4.69) is 30.8 Å². The molecule has 0 spiro atoms. The fourth-order valence-electron chi connectivity index (χ4n) is 3.68. The number of likely N-dealkylation sites (N-methyl/N-ethyl adjacent to an activating group) is 1. The van der Waals surface area contributed by atoms with Crippen molar-refractivity contribution in [2.45, 2.75) is 32.2 Å². The maximum absolute atomic E-state index is 14.8. The molecule has 1 fully saturated rings. The van der Waals surface area contributed by atoms with Gasteiger partial charge in [-0.25, -0.2) is 4.39 Å². The van der Waals surface area contributed by atoms with E-state index in [1.54, 1.807) is 37.4 Å². The van der Waals surface area contributed by atoms with Crippen molar-refractivity contribution in [2.75, 3.05) is 50.6 Å². The van der Waals surface area contributed by atoms with E-state index in [1.807, 2.05) is 6.07 Å². The quantitative estimate of drug-likeness (QED) is 0.600. The second-order valence-corrected chi connectivity index (χ2v) is 8.08. The molecule has 1 amide bonds. The second-order valence-electron chi connectivity index (χ2n) is 8.08. The lowest BCUT2D eigenvalue weighted by molar-refractivity contribution is 0.0993. The summed E-state index contributed by atoms with van der Waals surface area (Å²) in [6.07, 6.45) is 3.09. The van der Waals surface area contributed by atoms with Crippen LogP contribution in [0.3, 0.4) is 0 Å². The van der Waals surface area contributed by atoms with Gasteiger partial charge < -0.3 is 19.4 Å². The van der Waals surface area contributed by atoms with Gasteiger partial charge in [0.1, 0.15) is 11.6 Å². The summed E-state index contributed by atoms with van der Waals surface area (Å²) < 4.78 is 20.5. The number of amides is 1. The Hall–Kier alpha value is -2.60. The number of hydrogen-bond acceptors (Lipinski definition) is 4. The van der Waals surface area contributed by atoms with Crippen LogP contribution in [0.2, 0.25) is 0 Å². The highest BCUT2D eigenvalue weighted by molar-refractivity contribution is 6.05. The third-order valence-corrected chi connectivity index (χ3v) is 5.73. The smallest absolute Gasteiger partial charge is 0.258 e. The van der Waals surface area contributed by atoms with E-state index in [-0.39, 0.29) is 11.7 Å². The molecule has 0 aliphatic carbocycles. The standard InChI is InChI=1S/C24H32FN3O2/c1-5-6-15-30-21-10-7-18(8-11-21)24(29)27(4)19-9-12-23(22(25)16-19)28-14-13-20(17-28)26(2)3/h7-12,16,20H,5-6,13-15,17H2,1-4H3. The zero-order chi connectivity index (χ0) is 21.7. The third kappa shape index (κ3) is 5.11. The van der Waals surface area contributed by atoms with Crippen molar-refractivity contribution < 1.29 is 13.9 Å². The minimum atomic E-state index is -0.300. The van der Waals surface area contributed by atoms with Gasteiger partial charge in [-0.2, -0.15) is 0 Å². The molecule has 0 aromatic heterocycles. The molecular weight excluding hydrogens is 381 g/mol. The average Bonchev–Trinajstić information content (AvgIpc) is 3.23. The van der Waals surface area contributed by atoms with Crippen molar-refractivity contribution in [2.24, 2.45) is 0 Å². The van der Waals surface area contributed by atoms with Gasteiger partial charge in [0, 0.05) is 37.4 Å². The fraction of sp³-hybridized carbons (Fsp3) is 0.458. The molecule has 1 aliphatic heterocycles. The lowest BCUT2D eigenvalue weighted by Gasteiger charge is -2.23. The summed E-state index contributed by atoms with van der Waals surface area (Å²) in [5.74, 6) is 0.266. The number of rotatable bonds is 8. The summed E-state index contributed by atoms with van der Waals surface area (Å²) in [6.45, 7) is 4.43. The fourth-order valence-corrected chi connectivity index (χ4v) is 3.68. The Labute approximate surface area is 179 Å². The van der Waals surface area contributed by atoms with Gasteiger partial charge in [0.15, 0.2) is 0 Å². The van der Waals surface area contributed by atoms with E-state index in [0.717, 1.165) is 38.1 Å². The van der Waals surface area contributed by atoms with Crippen LogP contribution in [0.25, 0.3) is 0 Å². The molecule has 0 N–H and O–H groups in total. The Morgan fingerprint density at radius 2 is 1.90 bits per heavy atom. The van der Waals surface area contributed by atoms with E-state index in [9.17, 15) is 9.18 Å². The molecular formula is C24H32FN3O2. The molecule has 6 heteroatoms. The lowest BCUT2D eigenvalue weighted by Crippen LogP contribution is -2.31. The topological polar surface area (TPSA) is 36.0 Å². The summed E-state index contributed by atoms with van der Waals surface area (Å²) in [6, 6.07) is 12.6. The zero-order valence-electron chi connectivity index (χ0n) is 18.4. The van der Waals surface area contributed by atoms with Gasteiger partial charge in [0.2, 0.25) is 0 Å². The van der Waals surface area contributed by atoms with Gasteiger partial charge in [0.05, 0.1) is 12.3 Å². The summed E-state index contributed by atoms with van der Waals surface area (Å²) in [5, 5.41) is 0. The van der Waals surface area contributed by atoms with Crippen LogP contribution in [0, 0.1) is 5.82 Å². The molecule has 2 aromatic rings. The SMILES string of the molecule is CCCCOc1ccc(C(=O)N(C)c2ccc(N3CCC(N(C)C)C3)c(F)c2)cc1. The van der Waals surface area contributed by atoms with Gasteiger partial charge in [-0.3, -0.25) is 4.79 Å². The van der Waals surface area contributed by atoms with Crippen LogP contribution < -0.4 is 14.5 Å². The number of unbranched alkanes of at least 4 members (excludes halogenated alkanes) is 1. The summed E-state index contributed by atoms with van der Waals surface area (Å²) in [5.41, 5.74) is 1.67. The molecule has 1 heterocycles. The minimum absolute atomic E-state index is 0.184. The van der Waals surface area contributed by atoms with E-state index in [4.69, 9.17) is 4.74 Å². The monoisotopic (exact) mass is 413 g/mol. The predicted molar refractivity (Wildman–Crippen MR) is 120 cm³/mol. The zero-order valence-corrected chi connectivity index (χ0v) is 18.4. The number of hydrogen-bond donors (Lipinski definition) is 0. The molecule has 162 valence electrons. The first-order valence-corrected chi connectivity index (χ1v) is 10.6. The predicted octanol–water partition coefficient (Wildman–Crippen LogP) is 4.42. The number of anilines is 2. The van der Waals surface area contributed by atoms with Crippen LogP contribution in [0.15, 0.2) is 42.5 Å².